The van der Waals surface area contributed by atoms with Crippen LogP contribution in [0.5, 0.6) is 0 Å². The maximum absolute atomic E-state index is 10.8. The Morgan fingerprint density at radius 2 is 1.68 bits per heavy atom. The van der Waals surface area contributed by atoms with E-state index in [9.17, 15) is 20.1 Å². The standard InChI is InChI=1S/C13H28N2O7/c1-13(14,12(21)22)4-2-3-5-15-6-8(17)10(19)11(20)9(18)7-16/h8-11,15-20H,2-7,14H2,1H3,(H,21,22)/t8-,9+,10+,11+,13-/m0/s1. The molecule has 0 aromatic rings. The summed E-state index contributed by atoms with van der Waals surface area (Å²) >= 11 is 0. The number of carboxylic acid groups (broad SMARTS) is 1. The van der Waals surface area contributed by atoms with Crippen molar-refractivity contribution in [2.45, 2.75) is 56.1 Å². The highest BCUT2D eigenvalue weighted by Crippen LogP contribution is 2.10. The number of hydrogen-bond acceptors (Lipinski definition) is 8. The van der Waals surface area contributed by atoms with Crippen LogP contribution in [-0.4, -0.2) is 86.3 Å². The minimum absolute atomic E-state index is 0.0187. The predicted molar refractivity (Wildman–Crippen MR) is 78.1 cm³/mol. The first kappa shape index (κ1) is 21.2. The molecule has 0 radical (unpaired) electrons. The molecular weight excluding hydrogens is 296 g/mol. The van der Waals surface area contributed by atoms with E-state index in [1.165, 1.54) is 6.92 Å². The average molecular weight is 324 g/mol. The summed E-state index contributed by atoms with van der Waals surface area (Å²) in [4.78, 5) is 10.8. The van der Waals surface area contributed by atoms with Gasteiger partial charge in [-0.3, -0.25) is 4.79 Å². The molecule has 5 atom stereocenters. The number of nitrogens with one attached hydrogen (secondary N) is 1. The summed E-state index contributed by atoms with van der Waals surface area (Å²) in [5.74, 6) is -1.06. The molecule has 0 aliphatic carbocycles. The van der Waals surface area contributed by atoms with Gasteiger partial charge in [0.15, 0.2) is 0 Å². The van der Waals surface area contributed by atoms with E-state index in [0.717, 1.165) is 0 Å². The Bertz CT molecular complexity index is 328. The van der Waals surface area contributed by atoms with Gasteiger partial charge < -0.3 is 41.7 Å². The highest BCUT2D eigenvalue weighted by molar-refractivity contribution is 5.77. The number of unbranched alkanes of at least 4 members (excludes halogenated alkanes) is 1. The Morgan fingerprint density at radius 1 is 1.14 bits per heavy atom. The normalized spacial score (nSPS) is 20.0. The van der Waals surface area contributed by atoms with Gasteiger partial charge in [-0.1, -0.05) is 0 Å². The average Bonchev–Trinajstić information content (AvgIpc) is 2.47. The molecule has 0 saturated heterocycles. The molecule has 0 unspecified atom stereocenters. The first-order valence-corrected chi connectivity index (χ1v) is 7.19. The van der Waals surface area contributed by atoms with Gasteiger partial charge in [-0.15, -0.1) is 0 Å². The van der Waals surface area contributed by atoms with Crippen molar-refractivity contribution in [1.82, 2.24) is 5.32 Å². The molecule has 0 heterocycles. The molecule has 22 heavy (non-hydrogen) atoms. The summed E-state index contributed by atoms with van der Waals surface area (Å²) in [6.07, 6.45) is -4.54. The smallest absolute Gasteiger partial charge is 0.323 e. The number of rotatable bonds is 12. The molecule has 9 nitrogen and oxygen atoms in total. The Labute approximate surface area is 129 Å². The van der Waals surface area contributed by atoms with Crippen LogP contribution in [-0.2, 0) is 4.79 Å². The highest BCUT2D eigenvalue weighted by Gasteiger charge is 2.29. The maximum atomic E-state index is 10.8. The number of carbonyl (C=O) groups is 1. The molecule has 0 aromatic carbocycles. The van der Waals surface area contributed by atoms with Crippen molar-refractivity contribution in [2.24, 2.45) is 5.73 Å². The molecular formula is C13H28N2O7. The zero-order valence-electron chi connectivity index (χ0n) is 12.7. The van der Waals surface area contributed by atoms with Crippen molar-refractivity contribution < 1.29 is 35.4 Å². The predicted octanol–water partition coefficient (Wildman–Crippen LogP) is -3.02. The fraction of sp³-hybridized carbons (Fsp3) is 0.923. The molecule has 0 saturated carbocycles. The molecule has 0 fully saturated rings. The summed E-state index contributed by atoms with van der Waals surface area (Å²) in [5.41, 5.74) is 4.31. The van der Waals surface area contributed by atoms with E-state index in [1.54, 1.807) is 0 Å². The van der Waals surface area contributed by atoms with Crippen molar-refractivity contribution in [1.29, 1.82) is 0 Å². The summed E-state index contributed by atoms with van der Waals surface area (Å²) in [6, 6.07) is 0. The van der Waals surface area contributed by atoms with Crippen LogP contribution in [0.1, 0.15) is 26.2 Å². The van der Waals surface area contributed by atoms with Gasteiger partial charge in [0.25, 0.3) is 0 Å². The molecule has 0 rings (SSSR count). The largest absolute Gasteiger partial charge is 0.480 e. The summed E-state index contributed by atoms with van der Waals surface area (Å²) in [7, 11) is 0. The van der Waals surface area contributed by atoms with E-state index < -0.39 is 42.5 Å². The highest BCUT2D eigenvalue weighted by atomic mass is 16.4. The second-order valence-corrected chi connectivity index (χ2v) is 5.68. The van der Waals surface area contributed by atoms with Gasteiger partial charge in [0.1, 0.15) is 23.9 Å². The number of hydrogen-bond donors (Lipinski definition) is 8. The van der Waals surface area contributed by atoms with Crippen LogP contribution in [0.3, 0.4) is 0 Å². The minimum Gasteiger partial charge on any atom is -0.480 e. The van der Waals surface area contributed by atoms with E-state index in [4.69, 9.17) is 21.1 Å². The fourth-order valence-electron chi connectivity index (χ4n) is 1.78. The number of aliphatic carboxylic acids is 1. The second-order valence-electron chi connectivity index (χ2n) is 5.68. The van der Waals surface area contributed by atoms with E-state index in [-0.39, 0.29) is 6.54 Å². The quantitative estimate of drug-likeness (QED) is 0.174. The number of aliphatic hydroxyl groups excluding tert-OH is 5. The summed E-state index contributed by atoms with van der Waals surface area (Å²) in [5, 5.41) is 58.1. The first-order valence-electron chi connectivity index (χ1n) is 7.19. The molecule has 9 N–H and O–H groups in total. The summed E-state index contributed by atoms with van der Waals surface area (Å²) < 4.78 is 0. The third-order valence-electron chi connectivity index (χ3n) is 3.47. The Kier molecular flexibility index (Phi) is 9.69. The minimum atomic E-state index is -1.64. The van der Waals surface area contributed by atoms with Crippen molar-refractivity contribution in [2.75, 3.05) is 19.7 Å². The molecule has 0 amide bonds. The lowest BCUT2D eigenvalue weighted by atomic mass is 9.96. The van der Waals surface area contributed by atoms with Crippen LogP contribution in [0.2, 0.25) is 0 Å². The van der Waals surface area contributed by atoms with Crippen molar-refractivity contribution >= 4 is 5.97 Å². The molecule has 0 aromatic heterocycles. The van der Waals surface area contributed by atoms with E-state index in [0.29, 0.717) is 25.8 Å². The summed E-state index contributed by atoms with van der Waals surface area (Å²) in [6.45, 7) is 1.17. The molecule has 0 bridgehead atoms. The SMILES string of the molecule is C[C@](N)(CCCCNC[C@H](O)[C@@H](O)[C@H](O)[C@H](O)CO)C(=O)O. The Balaban J connectivity index is 3.85. The fourth-order valence-corrected chi connectivity index (χ4v) is 1.78. The van der Waals surface area contributed by atoms with Gasteiger partial charge in [-0.05, 0) is 32.7 Å². The zero-order valence-corrected chi connectivity index (χ0v) is 12.7. The Hall–Kier alpha value is -0.810. The zero-order chi connectivity index (χ0) is 17.3. The number of carboxylic acids is 1. The molecule has 0 aliphatic heterocycles. The number of nitrogens with two attached hydrogens (primary N) is 1. The van der Waals surface area contributed by atoms with Crippen LogP contribution in [0.4, 0.5) is 0 Å². The monoisotopic (exact) mass is 324 g/mol. The lowest BCUT2D eigenvalue weighted by molar-refractivity contribution is -0.142. The van der Waals surface area contributed by atoms with Gasteiger partial charge in [0.05, 0.1) is 12.7 Å². The van der Waals surface area contributed by atoms with Crippen LogP contribution >= 0.6 is 0 Å². The molecule has 0 aliphatic rings. The van der Waals surface area contributed by atoms with Crippen LogP contribution in [0.15, 0.2) is 0 Å². The topological polar surface area (TPSA) is 176 Å². The van der Waals surface area contributed by atoms with Gasteiger partial charge in [-0.2, -0.15) is 0 Å². The van der Waals surface area contributed by atoms with Gasteiger partial charge >= 0.3 is 5.97 Å². The molecule has 0 spiro atoms. The maximum Gasteiger partial charge on any atom is 0.323 e. The third-order valence-corrected chi connectivity index (χ3v) is 3.47. The van der Waals surface area contributed by atoms with Crippen LogP contribution < -0.4 is 11.1 Å². The van der Waals surface area contributed by atoms with Crippen molar-refractivity contribution in [3.8, 4) is 0 Å². The lowest BCUT2D eigenvalue weighted by Gasteiger charge is -2.25. The number of aliphatic hydroxyl groups is 5. The van der Waals surface area contributed by atoms with Crippen molar-refractivity contribution in [3.63, 3.8) is 0 Å². The van der Waals surface area contributed by atoms with Gasteiger partial charge in [0.2, 0.25) is 0 Å². The van der Waals surface area contributed by atoms with Crippen LogP contribution in [0.25, 0.3) is 0 Å². The second kappa shape index (κ2) is 10.1. The van der Waals surface area contributed by atoms with Crippen LogP contribution in [0, 0.1) is 0 Å². The Morgan fingerprint density at radius 3 is 2.18 bits per heavy atom. The first-order chi connectivity index (χ1) is 10.1. The van der Waals surface area contributed by atoms with E-state index in [1.807, 2.05) is 0 Å². The van der Waals surface area contributed by atoms with Gasteiger partial charge in [-0.25, -0.2) is 0 Å². The molecule has 132 valence electrons. The van der Waals surface area contributed by atoms with E-state index in [2.05, 4.69) is 5.32 Å². The lowest BCUT2D eigenvalue weighted by Crippen LogP contribution is -2.49. The molecule has 9 heteroatoms. The van der Waals surface area contributed by atoms with Gasteiger partial charge in [0, 0.05) is 6.54 Å². The van der Waals surface area contributed by atoms with Crippen molar-refractivity contribution in [3.05, 3.63) is 0 Å². The van der Waals surface area contributed by atoms with E-state index >= 15 is 0 Å². The third kappa shape index (κ3) is 7.45.